The predicted molar refractivity (Wildman–Crippen MR) is 136 cm³/mol. The third-order valence-corrected chi connectivity index (χ3v) is 5.31. The van der Waals surface area contributed by atoms with Gasteiger partial charge in [-0.05, 0) is 51.8 Å². The average molecular weight is 430 g/mol. The summed E-state index contributed by atoms with van der Waals surface area (Å²) >= 11 is 0. The second kappa shape index (κ2) is 9.47. The highest BCUT2D eigenvalue weighted by molar-refractivity contribution is 5.94. The molecule has 0 atom stereocenters. The standard InChI is InChI=1S/C28H35N3O/c1-27(2,3)21-12-10-20(11-13-21)19-32-25-9-7-8-24(18-25)31-26(29)30-23-16-14-22(15-17-23)28(4,5)6/h7-18H,19H2,1-6H3,(H3,29,30,31). The van der Waals surface area contributed by atoms with Gasteiger partial charge in [-0.1, -0.05) is 84.0 Å². The van der Waals surface area contributed by atoms with E-state index in [2.05, 4.69) is 88.2 Å². The second-order valence-electron chi connectivity index (χ2n) is 10.2. The Morgan fingerprint density at radius 3 is 1.94 bits per heavy atom. The molecule has 4 heteroatoms. The Balaban J connectivity index is 1.61. The van der Waals surface area contributed by atoms with Crippen LogP contribution in [-0.4, -0.2) is 5.96 Å². The van der Waals surface area contributed by atoms with Gasteiger partial charge in [0.25, 0.3) is 0 Å². The summed E-state index contributed by atoms with van der Waals surface area (Å²) in [5.41, 5.74) is 11.7. The zero-order chi connectivity index (χ0) is 23.4. The van der Waals surface area contributed by atoms with E-state index in [4.69, 9.17) is 10.5 Å². The van der Waals surface area contributed by atoms with Gasteiger partial charge in [-0.2, -0.15) is 0 Å². The van der Waals surface area contributed by atoms with Gasteiger partial charge in [0.1, 0.15) is 12.4 Å². The first-order chi connectivity index (χ1) is 15.0. The van der Waals surface area contributed by atoms with Crippen molar-refractivity contribution in [1.82, 2.24) is 0 Å². The first-order valence-corrected chi connectivity index (χ1v) is 11.0. The van der Waals surface area contributed by atoms with E-state index in [0.29, 0.717) is 12.6 Å². The number of guanidine groups is 1. The minimum Gasteiger partial charge on any atom is -0.489 e. The molecule has 0 saturated heterocycles. The molecule has 32 heavy (non-hydrogen) atoms. The van der Waals surface area contributed by atoms with Crippen LogP contribution in [0.15, 0.2) is 77.8 Å². The van der Waals surface area contributed by atoms with Crippen LogP contribution in [0.1, 0.15) is 58.2 Å². The third-order valence-electron chi connectivity index (χ3n) is 5.31. The van der Waals surface area contributed by atoms with Crippen molar-refractivity contribution in [3.05, 3.63) is 89.5 Å². The van der Waals surface area contributed by atoms with Crippen molar-refractivity contribution in [3.63, 3.8) is 0 Å². The average Bonchev–Trinajstić information content (AvgIpc) is 2.72. The van der Waals surface area contributed by atoms with Crippen molar-refractivity contribution in [3.8, 4) is 5.75 Å². The Labute approximate surface area is 192 Å². The van der Waals surface area contributed by atoms with Gasteiger partial charge in [-0.15, -0.1) is 0 Å². The highest BCUT2D eigenvalue weighted by atomic mass is 16.5. The van der Waals surface area contributed by atoms with Crippen LogP contribution in [0.4, 0.5) is 11.4 Å². The molecule has 4 nitrogen and oxygen atoms in total. The molecule has 0 bridgehead atoms. The Bertz CT molecular complexity index is 1050. The fraction of sp³-hybridized carbons (Fsp3) is 0.321. The number of ether oxygens (including phenoxy) is 1. The fourth-order valence-corrected chi connectivity index (χ4v) is 3.28. The van der Waals surface area contributed by atoms with Crippen molar-refractivity contribution >= 4 is 17.3 Å². The van der Waals surface area contributed by atoms with Gasteiger partial charge in [-0.25, -0.2) is 4.99 Å². The maximum atomic E-state index is 6.12. The largest absolute Gasteiger partial charge is 0.489 e. The monoisotopic (exact) mass is 429 g/mol. The molecule has 0 spiro atoms. The van der Waals surface area contributed by atoms with Crippen molar-refractivity contribution in [1.29, 1.82) is 0 Å². The zero-order valence-electron chi connectivity index (χ0n) is 20.1. The SMILES string of the molecule is CC(C)(C)c1ccc(COc2cccc(NC(N)=Nc3ccc(C(C)(C)C)cc3)c2)cc1. The molecule has 3 rings (SSSR count). The molecule has 0 heterocycles. The summed E-state index contributed by atoms with van der Waals surface area (Å²) in [6, 6.07) is 24.5. The molecule has 0 radical (unpaired) electrons. The van der Waals surface area contributed by atoms with Crippen LogP contribution in [0.3, 0.4) is 0 Å². The summed E-state index contributed by atoms with van der Waals surface area (Å²) in [5, 5.41) is 3.15. The summed E-state index contributed by atoms with van der Waals surface area (Å²) in [4.78, 5) is 4.47. The number of nitrogens with one attached hydrogen (secondary N) is 1. The number of anilines is 1. The van der Waals surface area contributed by atoms with E-state index >= 15 is 0 Å². The molecule has 3 aromatic carbocycles. The molecular formula is C28H35N3O. The van der Waals surface area contributed by atoms with Gasteiger partial charge in [0.15, 0.2) is 5.96 Å². The van der Waals surface area contributed by atoms with E-state index in [1.54, 1.807) is 0 Å². The van der Waals surface area contributed by atoms with Crippen molar-refractivity contribution in [2.24, 2.45) is 10.7 Å². The van der Waals surface area contributed by atoms with E-state index in [-0.39, 0.29) is 10.8 Å². The maximum absolute atomic E-state index is 6.12. The summed E-state index contributed by atoms with van der Waals surface area (Å²) in [6.45, 7) is 13.7. The van der Waals surface area contributed by atoms with E-state index in [1.807, 2.05) is 36.4 Å². The molecule has 0 aromatic heterocycles. The Kier molecular flexibility index (Phi) is 6.93. The molecule has 0 aliphatic carbocycles. The summed E-state index contributed by atoms with van der Waals surface area (Å²) in [7, 11) is 0. The van der Waals surface area contributed by atoms with E-state index in [0.717, 1.165) is 22.7 Å². The highest BCUT2D eigenvalue weighted by Crippen LogP contribution is 2.25. The van der Waals surface area contributed by atoms with Crippen LogP contribution in [0.25, 0.3) is 0 Å². The smallest absolute Gasteiger partial charge is 0.198 e. The molecule has 0 fully saturated rings. The van der Waals surface area contributed by atoms with Crippen molar-refractivity contribution < 1.29 is 4.74 Å². The Morgan fingerprint density at radius 1 is 0.812 bits per heavy atom. The number of benzene rings is 3. The van der Waals surface area contributed by atoms with Gasteiger partial charge in [0.05, 0.1) is 5.69 Å². The fourth-order valence-electron chi connectivity index (χ4n) is 3.28. The van der Waals surface area contributed by atoms with Gasteiger partial charge in [0.2, 0.25) is 0 Å². The lowest BCUT2D eigenvalue weighted by atomic mass is 9.87. The van der Waals surface area contributed by atoms with Crippen LogP contribution >= 0.6 is 0 Å². The Morgan fingerprint density at radius 2 is 1.38 bits per heavy atom. The number of aliphatic imine (C=N–C) groups is 1. The second-order valence-corrected chi connectivity index (χ2v) is 10.2. The lowest BCUT2D eigenvalue weighted by Crippen LogP contribution is -2.21. The highest BCUT2D eigenvalue weighted by Gasteiger charge is 2.13. The first kappa shape index (κ1) is 23.4. The van der Waals surface area contributed by atoms with E-state index in [9.17, 15) is 0 Å². The third kappa shape index (κ3) is 6.61. The molecule has 3 aromatic rings. The summed E-state index contributed by atoms with van der Waals surface area (Å²) < 4.78 is 5.98. The zero-order valence-corrected chi connectivity index (χ0v) is 20.1. The van der Waals surface area contributed by atoms with Gasteiger partial charge in [-0.3, -0.25) is 0 Å². The molecular weight excluding hydrogens is 394 g/mol. The lowest BCUT2D eigenvalue weighted by molar-refractivity contribution is 0.306. The molecule has 3 N–H and O–H groups in total. The maximum Gasteiger partial charge on any atom is 0.198 e. The quantitative estimate of drug-likeness (QED) is 0.342. The summed E-state index contributed by atoms with van der Waals surface area (Å²) in [6.07, 6.45) is 0. The molecule has 0 amide bonds. The summed E-state index contributed by atoms with van der Waals surface area (Å²) in [5.74, 6) is 1.11. The van der Waals surface area contributed by atoms with Crippen molar-refractivity contribution in [2.45, 2.75) is 59.0 Å². The number of rotatable bonds is 5. The normalized spacial score (nSPS) is 12.5. The molecule has 0 aliphatic rings. The van der Waals surface area contributed by atoms with Gasteiger partial charge < -0.3 is 15.8 Å². The van der Waals surface area contributed by atoms with Crippen LogP contribution in [-0.2, 0) is 17.4 Å². The molecule has 0 unspecified atom stereocenters. The first-order valence-electron chi connectivity index (χ1n) is 11.0. The topological polar surface area (TPSA) is 59.6 Å². The number of nitrogens with zero attached hydrogens (tertiary/aromatic N) is 1. The van der Waals surface area contributed by atoms with Crippen LogP contribution in [0, 0.1) is 0 Å². The van der Waals surface area contributed by atoms with Crippen molar-refractivity contribution in [2.75, 3.05) is 5.32 Å². The van der Waals surface area contributed by atoms with Crippen LogP contribution in [0.2, 0.25) is 0 Å². The number of hydrogen-bond acceptors (Lipinski definition) is 2. The van der Waals surface area contributed by atoms with E-state index in [1.165, 1.54) is 11.1 Å². The van der Waals surface area contributed by atoms with Gasteiger partial charge in [0, 0.05) is 11.8 Å². The molecule has 0 saturated carbocycles. The number of nitrogens with two attached hydrogens (primary N) is 1. The Hall–Kier alpha value is -3.27. The van der Waals surface area contributed by atoms with Gasteiger partial charge >= 0.3 is 0 Å². The minimum absolute atomic E-state index is 0.112. The minimum atomic E-state index is 0.112. The van der Waals surface area contributed by atoms with E-state index < -0.39 is 0 Å². The van der Waals surface area contributed by atoms with Crippen LogP contribution < -0.4 is 15.8 Å². The lowest BCUT2D eigenvalue weighted by Gasteiger charge is -2.19. The number of hydrogen-bond donors (Lipinski definition) is 2. The van der Waals surface area contributed by atoms with Crippen LogP contribution in [0.5, 0.6) is 5.75 Å². The molecule has 0 aliphatic heterocycles. The molecule has 168 valence electrons. The predicted octanol–water partition coefficient (Wildman–Crippen LogP) is 6.92.